The summed E-state index contributed by atoms with van der Waals surface area (Å²) in [7, 11) is 0. The summed E-state index contributed by atoms with van der Waals surface area (Å²) < 4.78 is 0. The van der Waals surface area contributed by atoms with Crippen LogP contribution in [0.2, 0.25) is 0 Å². The normalized spacial score (nSPS) is 19.5. The summed E-state index contributed by atoms with van der Waals surface area (Å²) in [6, 6.07) is 8.29. The summed E-state index contributed by atoms with van der Waals surface area (Å²) in [6.45, 7) is 3.38. The van der Waals surface area contributed by atoms with Crippen molar-refractivity contribution in [3.05, 3.63) is 46.1 Å². The van der Waals surface area contributed by atoms with Crippen LogP contribution < -0.4 is 5.32 Å². The van der Waals surface area contributed by atoms with E-state index in [-0.39, 0.29) is 17.6 Å². The monoisotopic (exact) mass is 395 g/mol. The number of anilines is 1. The van der Waals surface area contributed by atoms with Gasteiger partial charge in [0.2, 0.25) is 5.91 Å². The molecule has 0 spiro atoms. The molecule has 1 saturated carbocycles. The molecule has 1 atom stereocenters. The predicted molar refractivity (Wildman–Crippen MR) is 109 cm³/mol. The molecule has 8 nitrogen and oxygen atoms in total. The fraction of sp³-hybridized carbons (Fsp3) is 0.476. The molecule has 152 valence electrons. The van der Waals surface area contributed by atoms with Gasteiger partial charge in [-0.2, -0.15) is 0 Å². The largest absolute Gasteiger partial charge is 0.365 e. The van der Waals surface area contributed by atoms with Gasteiger partial charge in [-0.15, -0.1) is 0 Å². The van der Waals surface area contributed by atoms with Gasteiger partial charge < -0.3 is 10.2 Å². The quantitative estimate of drug-likeness (QED) is 0.613. The van der Waals surface area contributed by atoms with Crippen molar-refractivity contribution in [3.8, 4) is 11.4 Å². The van der Waals surface area contributed by atoms with Crippen LogP contribution in [-0.4, -0.2) is 44.8 Å². The van der Waals surface area contributed by atoms with E-state index in [0.717, 1.165) is 49.9 Å². The molecule has 0 radical (unpaired) electrons. The van der Waals surface area contributed by atoms with Crippen molar-refractivity contribution in [2.75, 3.05) is 18.4 Å². The summed E-state index contributed by atoms with van der Waals surface area (Å²) in [5, 5.41) is 14.3. The maximum atomic E-state index is 12.6. The molecule has 1 N–H and O–H groups in total. The Morgan fingerprint density at radius 3 is 2.59 bits per heavy atom. The number of nitrogens with one attached hydrogen (secondary N) is 1. The highest BCUT2D eigenvalue weighted by Crippen LogP contribution is 2.28. The number of hydrogen-bond acceptors (Lipinski definition) is 6. The zero-order valence-corrected chi connectivity index (χ0v) is 16.5. The Bertz CT molecular complexity index is 909. The average Bonchev–Trinajstić information content (AvgIpc) is 3.39. The van der Waals surface area contributed by atoms with Crippen molar-refractivity contribution in [2.24, 2.45) is 5.92 Å². The summed E-state index contributed by atoms with van der Waals surface area (Å²) in [4.78, 5) is 34.1. The third-order valence-electron chi connectivity index (χ3n) is 5.75. The number of carbonyl (C=O) groups is 1. The lowest BCUT2D eigenvalue weighted by Crippen LogP contribution is -2.35. The van der Waals surface area contributed by atoms with Gasteiger partial charge in [0.15, 0.2) is 5.82 Å². The third-order valence-corrected chi connectivity index (χ3v) is 5.75. The molecule has 8 heteroatoms. The first-order chi connectivity index (χ1) is 14.0. The highest BCUT2D eigenvalue weighted by atomic mass is 16.6. The lowest BCUT2D eigenvalue weighted by atomic mass is 10.1. The third kappa shape index (κ3) is 4.36. The predicted octanol–water partition coefficient (Wildman–Crippen LogP) is 3.56. The minimum absolute atomic E-state index is 0.0396. The number of benzene rings is 1. The molecule has 2 aromatic rings. The topological polar surface area (TPSA) is 101 Å². The van der Waals surface area contributed by atoms with Gasteiger partial charge in [-0.3, -0.25) is 14.9 Å². The number of nitro groups is 1. The van der Waals surface area contributed by atoms with E-state index in [1.807, 2.05) is 17.9 Å². The molecule has 4 rings (SSSR count). The minimum atomic E-state index is -0.424. The Morgan fingerprint density at radius 1 is 1.17 bits per heavy atom. The van der Waals surface area contributed by atoms with Crippen LogP contribution in [0.4, 0.5) is 11.5 Å². The zero-order chi connectivity index (χ0) is 20.4. The van der Waals surface area contributed by atoms with Gasteiger partial charge in [0.05, 0.1) is 4.92 Å². The number of nitro benzene ring substituents is 1. The molecule has 1 aromatic heterocycles. The first-order valence-electron chi connectivity index (χ1n) is 10.2. The number of likely N-dealkylation sites (tertiary alicyclic amines) is 1. The Morgan fingerprint density at radius 2 is 1.90 bits per heavy atom. The van der Waals surface area contributed by atoms with E-state index >= 15 is 0 Å². The van der Waals surface area contributed by atoms with Gasteiger partial charge in [0.1, 0.15) is 5.82 Å². The van der Waals surface area contributed by atoms with Crippen LogP contribution in [0.3, 0.4) is 0 Å². The van der Waals surface area contributed by atoms with Crippen molar-refractivity contribution < 1.29 is 9.72 Å². The Labute approximate surface area is 169 Å². The number of amides is 1. The van der Waals surface area contributed by atoms with E-state index in [0.29, 0.717) is 24.1 Å². The number of non-ortho nitro benzene ring substituents is 1. The molecule has 29 heavy (non-hydrogen) atoms. The highest BCUT2D eigenvalue weighted by Gasteiger charge is 2.32. The number of carbonyl (C=O) groups excluding carboxylic acids is 1. The lowest BCUT2D eigenvalue weighted by molar-refractivity contribution is -0.384. The van der Waals surface area contributed by atoms with Crippen LogP contribution in [-0.2, 0) is 4.79 Å². The number of aromatic nitrogens is 2. The van der Waals surface area contributed by atoms with Gasteiger partial charge in [0.25, 0.3) is 5.69 Å². The van der Waals surface area contributed by atoms with E-state index in [1.54, 1.807) is 12.1 Å². The van der Waals surface area contributed by atoms with Crippen LogP contribution in [0.25, 0.3) is 11.4 Å². The highest BCUT2D eigenvalue weighted by molar-refractivity contribution is 5.79. The molecule has 0 bridgehead atoms. The first kappa shape index (κ1) is 19.3. The maximum absolute atomic E-state index is 12.6. The molecular weight excluding hydrogens is 370 g/mol. The van der Waals surface area contributed by atoms with Crippen LogP contribution in [0.5, 0.6) is 0 Å². The Kier molecular flexibility index (Phi) is 5.42. The van der Waals surface area contributed by atoms with Gasteiger partial charge in [-0.25, -0.2) is 9.97 Å². The zero-order valence-electron chi connectivity index (χ0n) is 16.5. The molecule has 1 amide bonds. The molecule has 1 aliphatic carbocycles. The molecule has 1 aliphatic heterocycles. The number of aryl methyl sites for hydroxylation is 1. The van der Waals surface area contributed by atoms with E-state index in [2.05, 4.69) is 15.3 Å². The van der Waals surface area contributed by atoms with Crippen molar-refractivity contribution in [1.29, 1.82) is 0 Å². The molecule has 1 aromatic carbocycles. The van der Waals surface area contributed by atoms with Crippen molar-refractivity contribution >= 4 is 17.4 Å². The average molecular weight is 395 g/mol. The number of rotatable bonds is 5. The SMILES string of the molecule is Cc1cc(NC2CCN(C(=O)C3CCCC3)C2)nc(-c2ccc([N+](=O)[O-])cc2)n1. The van der Waals surface area contributed by atoms with E-state index in [9.17, 15) is 14.9 Å². The van der Waals surface area contributed by atoms with Crippen LogP contribution in [0.15, 0.2) is 30.3 Å². The second kappa shape index (κ2) is 8.14. The standard InChI is InChI=1S/C21H25N5O3/c1-14-12-19(24-20(22-14)15-6-8-18(9-7-15)26(28)29)23-17-10-11-25(13-17)21(27)16-4-2-3-5-16/h6-9,12,16-17H,2-5,10-11,13H2,1H3,(H,22,23,24). The van der Waals surface area contributed by atoms with Crippen molar-refractivity contribution in [3.63, 3.8) is 0 Å². The molecule has 2 heterocycles. The summed E-state index contributed by atoms with van der Waals surface area (Å²) >= 11 is 0. The minimum Gasteiger partial charge on any atom is -0.365 e. The van der Waals surface area contributed by atoms with Gasteiger partial charge in [0, 0.05) is 54.5 Å². The number of nitrogens with zero attached hydrogens (tertiary/aromatic N) is 4. The van der Waals surface area contributed by atoms with E-state index < -0.39 is 4.92 Å². The second-order valence-electron chi connectivity index (χ2n) is 7.92. The summed E-state index contributed by atoms with van der Waals surface area (Å²) in [5.41, 5.74) is 1.58. The lowest BCUT2D eigenvalue weighted by Gasteiger charge is -2.21. The van der Waals surface area contributed by atoms with E-state index in [1.165, 1.54) is 12.1 Å². The summed E-state index contributed by atoms with van der Waals surface area (Å²) in [5.74, 6) is 1.76. The van der Waals surface area contributed by atoms with E-state index in [4.69, 9.17) is 0 Å². The Hall–Kier alpha value is -3.03. The van der Waals surface area contributed by atoms with Gasteiger partial charge in [-0.1, -0.05) is 12.8 Å². The second-order valence-corrected chi connectivity index (χ2v) is 7.92. The smallest absolute Gasteiger partial charge is 0.269 e. The summed E-state index contributed by atoms with van der Waals surface area (Å²) in [6.07, 6.45) is 5.28. The fourth-order valence-electron chi connectivity index (χ4n) is 4.22. The van der Waals surface area contributed by atoms with Crippen molar-refractivity contribution in [2.45, 2.75) is 45.1 Å². The van der Waals surface area contributed by atoms with Gasteiger partial charge in [-0.05, 0) is 38.3 Å². The van der Waals surface area contributed by atoms with Crippen molar-refractivity contribution in [1.82, 2.24) is 14.9 Å². The first-order valence-corrected chi connectivity index (χ1v) is 10.2. The van der Waals surface area contributed by atoms with Gasteiger partial charge >= 0.3 is 0 Å². The van der Waals surface area contributed by atoms with Crippen LogP contribution >= 0.6 is 0 Å². The molecule has 1 unspecified atom stereocenters. The van der Waals surface area contributed by atoms with Crippen LogP contribution in [0.1, 0.15) is 37.8 Å². The molecule has 2 aliphatic rings. The Balaban J connectivity index is 1.44. The number of hydrogen-bond donors (Lipinski definition) is 1. The van der Waals surface area contributed by atoms with Crippen LogP contribution in [0, 0.1) is 23.0 Å². The molecular formula is C21H25N5O3. The molecule has 1 saturated heterocycles. The molecule has 2 fully saturated rings. The maximum Gasteiger partial charge on any atom is 0.269 e. The fourth-order valence-corrected chi connectivity index (χ4v) is 4.22.